The van der Waals surface area contributed by atoms with Crippen LogP contribution in [0.3, 0.4) is 0 Å². The molecule has 0 bridgehead atoms. The molecule has 0 N–H and O–H groups in total. The Bertz CT molecular complexity index is 1140. The minimum absolute atomic E-state index is 1.17. The van der Waals surface area contributed by atoms with Crippen molar-refractivity contribution in [3.05, 3.63) is 0 Å². The van der Waals surface area contributed by atoms with Gasteiger partial charge in [-0.25, -0.2) is 0 Å². The Balaban J connectivity index is 7.70. The maximum Gasteiger partial charge on any atom is 0.0354 e. The third-order valence-electron chi connectivity index (χ3n) is 24.1. The zero-order valence-corrected chi connectivity index (χ0v) is 58.0. The Labute approximate surface area is 334 Å². The standard InChI is InChI=1S/C34H102Si16/c1-35(2,3)37(7,8)39(11,12)41(15,16)43(19,20)45(23,24)47(27,28)49(31,32)50(33,34)48(29,30)46(25,26)44(21,22)42(17,18)40(13,14)38(9,10)36(4,5)6/h1-34H3. The summed E-state index contributed by atoms with van der Waals surface area (Å²) in [5.41, 5.74) is 0. The van der Waals surface area contributed by atoms with E-state index in [1.54, 1.807) is 0 Å². The molecule has 0 aliphatic rings. The Morgan fingerprint density at radius 3 is 0.220 bits per heavy atom. The van der Waals surface area contributed by atoms with Crippen molar-refractivity contribution in [3.63, 3.8) is 0 Å². The number of hydrogen-bond donors (Lipinski definition) is 0. The van der Waals surface area contributed by atoms with Crippen molar-refractivity contribution in [3.8, 4) is 0 Å². The quantitative estimate of drug-likeness (QED) is 0.144. The summed E-state index contributed by atoms with van der Waals surface area (Å²) in [4.78, 5) is 0. The van der Waals surface area contributed by atoms with Crippen LogP contribution in [0.5, 0.6) is 0 Å². The lowest BCUT2D eigenvalue weighted by molar-refractivity contribution is 1.71. The first-order valence-electron chi connectivity index (χ1n) is 20.8. The highest BCUT2D eigenvalue weighted by Crippen LogP contribution is 2.51. The van der Waals surface area contributed by atoms with Crippen molar-refractivity contribution in [2.24, 2.45) is 0 Å². The zero-order valence-electron chi connectivity index (χ0n) is 42.0. The fourth-order valence-electron chi connectivity index (χ4n) is 11.2. The molecule has 0 aromatic carbocycles. The fourth-order valence-corrected chi connectivity index (χ4v) is 567. The molecule has 50 heavy (non-hydrogen) atoms. The van der Waals surface area contributed by atoms with Crippen LogP contribution in [0.15, 0.2) is 0 Å². The lowest BCUT2D eigenvalue weighted by Crippen LogP contribution is -2.98. The number of hydrogen-bond acceptors (Lipinski definition) is 0. The molecule has 0 aromatic heterocycles. The summed E-state index contributed by atoms with van der Waals surface area (Å²) >= 11 is 0. The van der Waals surface area contributed by atoms with E-state index in [0.717, 1.165) is 0 Å². The van der Waals surface area contributed by atoms with E-state index in [2.05, 4.69) is 223 Å². The van der Waals surface area contributed by atoms with Gasteiger partial charge in [0, 0.05) is 115 Å². The maximum absolute atomic E-state index is 3.10. The van der Waals surface area contributed by atoms with Gasteiger partial charge >= 0.3 is 0 Å². The van der Waals surface area contributed by atoms with Crippen LogP contribution >= 0.6 is 0 Å². The third-order valence-corrected chi connectivity index (χ3v) is 406. The molecule has 0 aromatic rings. The van der Waals surface area contributed by atoms with Crippen molar-refractivity contribution in [1.82, 2.24) is 0 Å². The molecule has 0 unspecified atom stereocenters. The second-order valence-corrected chi connectivity index (χ2v) is 217. The normalized spacial score (nSPS) is 17.4. The molecule has 0 rings (SSSR count). The van der Waals surface area contributed by atoms with Gasteiger partial charge in [0.25, 0.3) is 0 Å². The van der Waals surface area contributed by atoms with Crippen molar-refractivity contribution in [1.29, 1.82) is 0 Å². The largest absolute Gasteiger partial charge is 0.0735 e. The average Bonchev–Trinajstić information content (AvgIpc) is 2.85. The molecule has 302 valence electrons. The second-order valence-electron chi connectivity index (χ2n) is 27.2. The molecular weight excluding hydrogens is 858 g/mol. The molecule has 0 fully saturated rings. The monoisotopic (exact) mass is 958 g/mol. The predicted octanol–water partition coefficient (Wildman–Crippen LogP) is 13.8. The van der Waals surface area contributed by atoms with Gasteiger partial charge in [-0.15, -0.1) is 0 Å². The summed E-state index contributed by atoms with van der Waals surface area (Å²) in [5, 5.41) is 0. The summed E-state index contributed by atoms with van der Waals surface area (Å²) < 4.78 is 0. The molecule has 0 saturated carbocycles. The predicted molar refractivity (Wildman–Crippen MR) is 291 cm³/mol. The molecule has 16 heteroatoms. The van der Waals surface area contributed by atoms with Crippen molar-refractivity contribution >= 4 is 115 Å². The SMILES string of the molecule is C[Si](C)(C)[Si](C)(C)[Si](C)(C)[Si](C)(C)[Si](C)(C)[Si](C)(C)[Si](C)(C)[Si](C)(C)[Si](C)(C)[Si](C)(C)[Si](C)(C)[Si](C)(C)[Si](C)(C)[Si](C)(C)[Si](C)(C)[Si](C)(C)C. The molecule has 0 amide bonds. The van der Waals surface area contributed by atoms with Gasteiger partial charge < -0.3 is 0 Å². The minimum atomic E-state index is -1.53. The van der Waals surface area contributed by atoms with E-state index < -0.39 is 115 Å². The Kier molecular flexibility index (Phi) is 15.0. The molecule has 0 saturated heterocycles. The van der Waals surface area contributed by atoms with Crippen LogP contribution in [-0.4, -0.2) is 115 Å². The van der Waals surface area contributed by atoms with E-state index in [-0.39, 0.29) is 0 Å². The van der Waals surface area contributed by atoms with Crippen LogP contribution in [-0.2, 0) is 0 Å². The first kappa shape index (κ1) is 53.5. The summed E-state index contributed by atoms with van der Waals surface area (Å²) in [6.07, 6.45) is 0. The van der Waals surface area contributed by atoms with Crippen LogP contribution in [0.2, 0.25) is 223 Å². The van der Waals surface area contributed by atoms with Gasteiger partial charge in [-0.3, -0.25) is 0 Å². The maximum atomic E-state index is 3.10. The van der Waals surface area contributed by atoms with Gasteiger partial charge in [-0.2, -0.15) is 0 Å². The van der Waals surface area contributed by atoms with E-state index in [4.69, 9.17) is 0 Å². The zero-order chi connectivity index (χ0) is 42.0. The van der Waals surface area contributed by atoms with Gasteiger partial charge in [-0.1, -0.05) is 223 Å². The average molecular weight is 961 g/mol. The van der Waals surface area contributed by atoms with Crippen LogP contribution in [0, 0.1) is 0 Å². The van der Waals surface area contributed by atoms with Crippen molar-refractivity contribution in [2.45, 2.75) is 223 Å². The Morgan fingerprint density at radius 2 is 0.160 bits per heavy atom. The van der Waals surface area contributed by atoms with E-state index in [1.165, 1.54) is 0 Å². The highest BCUT2D eigenvalue weighted by atomic mass is 30.2. The topological polar surface area (TPSA) is 0 Å². The fraction of sp³-hybridized carbons (Fsp3) is 1.00. The van der Waals surface area contributed by atoms with Crippen LogP contribution < -0.4 is 0 Å². The Hall–Kier alpha value is 3.47. The number of rotatable bonds is 15. The molecule has 0 aliphatic carbocycles. The van der Waals surface area contributed by atoms with Gasteiger partial charge in [0.1, 0.15) is 0 Å². The van der Waals surface area contributed by atoms with E-state index in [9.17, 15) is 0 Å². The van der Waals surface area contributed by atoms with Crippen molar-refractivity contribution < 1.29 is 0 Å². The lowest BCUT2D eigenvalue weighted by atomic mass is 11.8. The smallest absolute Gasteiger partial charge is 0.0354 e. The van der Waals surface area contributed by atoms with Gasteiger partial charge in [0.15, 0.2) is 0 Å². The summed E-state index contributed by atoms with van der Waals surface area (Å²) in [5.74, 6) is 0. The van der Waals surface area contributed by atoms with E-state index in [1.807, 2.05) is 0 Å². The molecule has 0 spiro atoms. The van der Waals surface area contributed by atoms with E-state index in [0.29, 0.717) is 0 Å². The van der Waals surface area contributed by atoms with Crippen molar-refractivity contribution in [2.75, 3.05) is 0 Å². The lowest BCUT2D eigenvalue weighted by Gasteiger charge is -2.70. The van der Waals surface area contributed by atoms with Gasteiger partial charge in [0.05, 0.1) is 0 Å². The van der Waals surface area contributed by atoms with Crippen LogP contribution in [0.1, 0.15) is 0 Å². The second kappa shape index (κ2) is 14.0. The first-order valence-corrected chi connectivity index (χ1v) is 84.8. The van der Waals surface area contributed by atoms with Gasteiger partial charge in [-0.05, 0) is 0 Å². The van der Waals surface area contributed by atoms with Gasteiger partial charge in [0.2, 0.25) is 0 Å². The van der Waals surface area contributed by atoms with Crippen LogP contribution in [0.25, 0.3) is 0 Å². The summed E-state index contributed by atoms with van der Waals surface area (Å²) in [6.45, 7) is 102. The molecule has 0 aliphatic heterocycles. The highest BCUT2D eigenvalue weighted by Gasteiger charge is 2.75. The minimum Gasteiger partial charge on any atom is -0.0735 e. The molecule has 0 atom stereocenters. The molecular formula is C34H102Si16. The molecule has 0 nitrogen and oxygen atoms in total. The van der Waals surface area contributed by atoms with E-state index >= 15 is 0 Å². The third kappa shape index (κ3) is 6.84. The first-order chi connectivity index (χ1) is 20.8. The summed E-state index contributed by atoms with van der Waals surface area (Å²) in [6, 6.07) is 0. The summed E-state index contributed by atoms with van der Waals surface area (Å²) in [7, 11) is -22.5. The van der Waals surface area contributed by atoms with Crippen LogP contribution in [0.4, 0.5) is 0 Å². The molecule has 0 heterocycles. The highest BCUT2D eigenvalue weighted by molar-refractivity contribution is 8.11. The Morgan fingerprint density at radius 1 is 0.100 bits per heavy atom. The molecule has 0 radical (unpaired) electrons.